The van der Waals surface area contributed by atoms with Gasteiger partial charge in [-0.3, -0.25) is 12.2 Å². The van der Waals surface area contributed by atoms with Crippen LogP contribution in [-0.2, 0) is 26.2 Å². The summed E-state index contributed by atoms with van der Waals surface area (Å²) in [6.45, 7) is 10.9. The minimum atomic E-state index is 0. The van der Waals surface area contributed by atoms with E-state index in [0.717, 1.165) is 6.42 Å². The third-order valence-corrected chi connectivity index (χ3v) is 3.52. The number of allylic oxidation sites excluding steroid dienone is 8. The summed E-state index contributed by atoms with van der Waals surface area (Å²) in [4.78, 5) is 0. The molecule has 3 heteroatoms. The van der Waals surface area contributed by atoms with E-state index in [4.69, 9.17) is 0 Å². The molecule has 20 heavy (non-hydrogen) atoms. The van der Waals surface area contributed by atoms with Gasteiger partial charge in [0.1, 0.15) is 0 Å². The zero-order valence-electron chi connectivity index (χ0n) is 13.1. The molecule has 0 amide bonds. The quantitative estimate of drug-likeness (QED) is 0.568. The van der Waals surface area contributed by atoms with Crippen LogP contribution in [0, 0.1) is 18.1 Å². The van der Waals surface area contributed by atoms with Gasteiger partial charge in [-0.1, -0.05) is 46.5 Å². The molecule has 1 atom stereocenters. The van der Waals surface area contributed by atoms with Crippen LogP contribution >= 0.6 is 0 Å². The number of hydrogen-bond donors (Lipinski definition) is 0. The maximum absolute atomic E-state index is 3.36. The van der Waals surface area contributed by atoms with E-state index in [9.17, 15) is 0 Å². The Morgan fingerprint density at radius 2 is 1.80 bits per heavy atom. The van der Waals surface area contributed by atoms with E-state index in [1.165, 1.54) is 35.1 Å². The number of rotatable bonds is 2. The second-order valence-corrected chi connectivity index (χ2v) is 4.86. The van der Waals surface area contributed by atoms with E-state index < -0.39 is 0 Å². The van der Waals surface area contributed by atoms with Crippen molar-refractivity contribution >= 4 is 0 Å². The van der Waals surface area contributed by atoms with Crippen LogP contribution in [-0.4, -0.2) is 0 Å². The van der Waals surface area contributed by atoms with Crippen molar-refractivity contribution in [2.45, 2.75) is 53.9 Å². The molecule has 0 fully saturated rings. The maximum Gasteiger partial charge on any atom is 4.00 e. The van der Waals surface area contributed by atoms with Crippen LogP contribution in [0.25, 0.3) is 0 Å². The van der Waals surface area contributed by atoms with Gasteiger partial charge in [0, 0.05) is 0 Å². The molecule has 0 heterocycles. The fraction of sp³-hybridized carbons (Fsp3) is 0.529. The molecule has 0 aromatic rings. The van der Waals surface area contributed by atoms with Gasteiger partial charge in [-0.25, -0.2) is 17.2 Å². The molecule has 0 bridgehead atoms. The predicted molar refractivity (Wildman–Crippen MR) is 75.4 cm³/mol. The molecule has 2 rings (SSSR count). The summed E-state index contributed by atoms with van der Waals surface area (Å²) >= 11 is 0. The fourth-order valence-corrected chi connectivity index (χ4v) is 2.05. The Hall–Kier alpha value is -0.297. The summed E-state index contributed by atoms with van der Waals surface area (Å²) in [7, 11) is 0. The summed E-state index contributed by atoms with van der Waals surface area (Å²) in [5, 5.41) is 0. The van der Waals surface area contributed by atoms with Crippen LogP contribution in [0.15, 0.2) is 34.4 Å². The first-order valence-electron chi connectivity index (χ1n) is 6.60. The van der Waals surface area contributed by atoms with Crippen molar-refractivity contribution in [2.75, 3.05) is 0 Å². The first-order chi connectivity index (χ1) is 8.06. The monoisotopic (exact) mass is 356 g/mol. The Bertz CT molecular complexity index is 390. The topological polar surface area (TPSA) is 0 Å². The largest absolute Gasteiger partial charge is 4.00 e. The van der Waals surface area contributed by atoms with Crippen molar-refractivity contribution in [3.05, 3.63) is 46.6 Å². The molecule has 2 aliphatic carbocycles. The molecule has 0 spiro atoms. The summed E-state index contributed by atoms with van der Waals surface area (Å²) in [6.07, 6.45) is 14.4. The van der Waals surface area contributed by atoms with Gasteiger partial charge >= 0.3 is 26.2 Å². The maximum atomic E-state index is 3.36. The van der Waals surface area contributed by atoms with Crippen molar-refractivity contribution in [3.8, 4) is 0 Å². The van der Waals surface area contributed by atoms with Crippen molar-refractivity contribution in [3.63, 3.8) is 0 Å². The van der Waals surface area contributed by atoms with Crippen LogP contribution in [0.1, 0.15) is 53.9 Å². The van der Waals surface area contributed by atoms with Gasteiger partial charge in [0.05, 0.1) is 0 Å². The molecule has 110 valence electrons. The minimum absolute atomic E-state index is 0. The second-order valence-electron chi connectivity index (χ2n) is 4.86. The first kappa shape index (κ1) is 24.7. The fourth-order valence-electron chi connectivity index (χ4n) is 2.05. The summed E-state index contributed by atoms with van der Waals surface area (Å²) < 4.78 is 0. The molecule has 0 aliphatic heterocycles. The average Bonchev–Trinajstić information content (AvgIpc) is 2.87. The van der Waals surface area contributed by atoms with Gasteiger partial charge in [0.25, 0.3) is 0 Å². The molecule has 2 aliphatic rings. The summed E-state index contributed by atoms with van der Waals surface area (Å²) in [5.41, 5.74) is 5.64. The van der Waals surface area contributed by atoms with Gasteiger partial charge < -0.3 is 9.41 Å². The summed E-state index contributed by atoms with van der Waals surface area (Å²) in [6, 6.07) is 0. The van der Waals surface area contributed by atoms with E-state index in [1.807, 2.05) is 0 Å². The van der Waals surface area contributed by atoms with Crippen LogP contribution < -0.4 is 9.41 Å². The van der Waals surface area contributed by atoms with E-state index in [1.54, 1.807) is 0 Å². The van der Waals surface area contributed by atoms with Crippen molar-refractivity contribution in [2.24, 2.45) is 5.92 Å². The molecule has 0 aromatic heterocycles. The molecule has 0 saturated heterocycles. The van der Waals surface area contributed by atoms with E-state index in [2.05, 4.69) is 58.9 Å². The second kappa shape index (κ2) is 12.4. The van der Waals surface area contributed by atoms with Gasteiger partial charge in [-0.15, -0.1) is 13.3 Å². The van der Waals surface area contributed by atoms with Crippen molar-refractivity contribution < 1.29 is 35.6 Å². The zero-order chi connectivity index (χ0) is 12.8. The molecular formula is C17H24F2Zr. The Balaban J connectivity index is -0.000000252. The van der Waals surface area contributed by atoms with E-state index in [-0.39, 0.29) is 35.6 Å². The van der Waals surface area contributed by atoms with Crippen LogP contribution in [0.5, 0.6) is 0 Å². The van der Waals surface area contributed by atoms with Crippen LogP contribution in [0.3, 0.4) is 0 Å². The third kappa shape index (κ3) is 7.48. The average molecular weight is 358 g/mol. The minimum Gasteiger partial charge on any atom is -1.00 e. The molecule has 0 saturated carbocycles. The van der Waals surface area contributed by atoms with Crippen LogP contribution in [0.2, 0.25) is 0 Å². The third-order valence-electron chi connectivity index (χ3n) is 3.52. The molecule has 0 aromatic carbocycles. The first-order valence-corrected chi connectivity index (χ1v) is 6.60. The Morgan fingerprint density at radius 3 is 2.05 bits per heavy atom. The standard InChI is InChI=1S/C9H13.C8H11.2FH.Zr/c1-6-5-7(2)9(4)8(6)3;1-2-5-8-6-3-4-7-8;;;/h6H,1-4H3;3,6H,2,4-5H2,1H3;2*1H;/q2*-1;;;+4/p-2. The van der Waals surface area contributed by atoms with Gasteiger partial charge in [-0.2, -0.15) is 17.2 Å². The predicted octanol–water partition coefficient (Wildman–Crippen LogP) is -0.797. The molecule has 0 nitrogen and oxygen atoms in total. The Morgan fingerprint density at radius 1 is 1.20 bits per heavy atom. The number of halogens is 2. The smallest absolute Gasteiger partial charge is 1.00 e. The van der Waals surface area contributed by atoms with Crippen molar-refractivity contribution in [1.82, 2.24) is 0 Å². The summed E-state index contributed by atoms with van der Waals surface area (Å²) in [5.74, 6) is 0.560. The zero-order valence-corrected chi connectivity index (χ0v) is 15.6. The Kier molecular flexibility index (Phi) is 15.4. The molecular weight excluding hydrogens is 333 g/mol. The Labute approximate surface area is 142 Å². The van der Waals surface area contributed by atoms with Crippen molar-refractivity contribution in [1.29, 1.82) is 0 Å². The molecule has 0 N–H and O–H groups in total. The van der Waals surface area contributed by atoms with E-state index >= 15 is 0 Å². The van der Waals surface area contributed by atoms with Gasteiger partial charge in [0.15, 0.2) is 0 Å². The SMILES string of the molecule is CC1=[C-]C(C)C(C)=C1C.CCCC1=[C-]CC=C1.[F-].[F-].[Zr+4]. The van der Waals surface area contributed by atoms with Gasteiger partial charge in [0.2, 0.25) is 0 Å². The van der Waals surface area contributed by atoms with Gasteiger partial charge in [-0.05, 0) is 0 Å². The van der Waals surface area contributed by atoms with Crippen LogP contribution in [0.4, 0.5) is 0 Å². The molecule has 1 unspecified atom stereocenters. The van der Waals surface area contributed by atoms with E-state index in [0.29, 0.717) is 5.92 Å². The normalized spacial score (nSPS) is 18.9. The number of hydrogen-bond acceptors (Lipinski definition) is 0. The molecule has 0 radical (unpaired) electrons.